The van der Waals surface area contributed by atoms with Gasteiger partial charge in [0.25, 0.3) is 11.8 Å². The molecule has 39 heavy (non-hydrogen) atoms. The number of sulfonamides is 1. The predicted molar refractivity (Wildman–Crippen MR) is 156 cm³/mol. The first-order valence-corrected chi connectivity index (χ1v) is 16.0. The molecule has 1 N–H and O–H groups in total. The summed E-state index contributed by atoms with van der Waals surface area (Å²) in [4.78, 5) is 29.3. The number of halogens is 1. The second-order valence-corrected chi connectivity index (χ2v) is 13.7. The summed E-state index contributed by atoms with van der Waals surface area (Å²) in [5, 5.41) is 0. The summed E-state index contributed by atoms with van der Waals surface area (Å²) in [7, 11) is -4.05. The van der Waals surface area contributed by atoms with Crippen LogP contribution in [0.25, 0.3) is 6.08 Å². The van der Waals surface area contributed by atoms with Crippen molar-refractivity contribution in [2.75, 3.05) is 30.3 Å². The molecule has 2 aromatic carbocycles. The Morgan fingerprint density at radius 3 is 2.46 bits per heavy atom. The molecular weight excluding hydrogens is 558 g/mol. The Balaban J connectivity index is 1.17. The molecule has 2 aliphatic heterocycles. The van der Waals surface area contributed by atoms with Gasteiger partial charge in [-0.05, 0) is 72.7 Å². The van der Waals surface area contributed by atoms with Gasteiger partial charge in [-0.3, -0.25) is 14.5 Å². The molecule has 2 saturated heterocycles. The van der Waals surface area contributed by atoms with E-state index in [2.05, 4.69) is 17.0 Å². The molecule has 3 aliphatic rings. The highest BCUT2D eigenvalue weighted by Gasteiger charge is 2.33. The zero-order valence-corrected chi connectivity index (χ0v) is 23.8. The maximum absolute atomic E-state index is 13.1. The van der Waals surface area contributed by atoms with Crippen LogP contribution in [0.3, 0.4) is 0 Å². The predicted octanol–water partition coefficient (Wildman–Crippen LogP) is 4.80. The van der Waals surface area contributed by atoms with Gasteiger partial charge in [-0.1, -0.05) is 55.4 Å². The molecule has 11 heteroatoms. The highest BCUT2D eigenvalue weighted by atomic mass is 32.2. The number of hydrogen-bond acceptors (Lipinski definition) is 7. The van der Waals surface area contributed by atoms with E-state index in [9.17, 15) is 22.4 Å². The number of amides is 2. The van der Waals surface area contributed by atoms with E-state index in [0.717, 1.165) is 54.4 Å². The number of hydrogen-bond donors (Lipinski definition) is 1. The van der Waals surface area contributed by atoms with E-state index in [1.165, 1.54) is 54.8 Å². The van der Waals surface area contributed by atoms with E-state index in [0.29, 0.717) is 4.91 Å². The number of piperidine rings is 1. The Morgan fingerprint density at radius 2 is 1.74 bits per heavy atom. The van der Waals surface area contributed by atoms with Gasteiger partial charge in [0.2, 0.25) is 10.0 Å². The molecule has 0 spiro atoms. The Bertz CT molecular complexity index is 1390. The van der Waals surface area contributed by atoms with Gasteiger partial charge in [-0.25, -0.2) is 17.5 Å². The lowest BCUT2D eigenvalue weighted by molar-refractivity contribution is -0.121. The van der Waals surface area contributed by atoms with Crippen LogP contribution in [-0.4, -0.2) is 54.8 Å². The van der Waals surface area contributed by atoms with E-state index in [4.69, 9.17) is 12.2 Å². The number of carbonyl (C=O) groups is 2. The minimum atomic E-state index is -4.05. The third-order valence-electron chi connectivity index (χ3n) is 7.66. The van der Waals surface area contributed by atoms with Crippen molar-refractivity contribution in [2.45, 2.75) is 32.1 Å². The zero-order chi connectivity index (χ0) is 27.6. The summed E-state index contributed by atoms with van der Waals surface area (Å²) in [5.74, 6) is -0.620. The molecule has 7 nitrogen and oxygen atoms in total. The maximum atomic E-state index is 13.1. The number of carbonyl (C=O) groups excluding carboxylic acids is 2. The topological polar surface area (TPSA) is 86.8 Å². The van der Waals surface area contributed by atoms with Gasteiger partial charge in [-0.15, -0.1) is 0 Å². The normalized spacial score (nSPS) is 22.7. The smallest absolute Gasteiger partial charge is 0.266 e. The van der Waals surface area contributed by atoms with Gasteiger partial charge < -0.3 is 4.90 Å². The maximum Gasteiger partial charge on any atom is 0.266 e. The third kappa shape index (κ3) is 6.70. The fourth-order valence-electron chi connectivity index (χ4n) is 5.52. The largest absolute Gasteiger partial charge is 0.371 e. The molecular formula is C28H30FN3O4S3. The standard InChI is InChI=1S/C28H30FN3O4S3/c29-23-9-7-21(8-10-23)26(33)30-39(35,36)16-15-32-27(34)25(38-28(32)37)17-19-5-11-24(12-6-19)31-14-13-20-3-1-2-4-22(20)18-31/h5-12,17,20,22H,1-4,13-16,18H2,(H,30,33). The van der Waals surface area contributed by atoms with Gasteiger partial charge in [-0.2, -0.15) is 0 Å². The van der Waals surface area contributed by atoms with Crippen LogP contribution in [-0.2, 0) is 14.8 Å². The lowest BCUT2D eigenvalue weighted by Crippen LogP contribution is -2.41. The molecule has 2 heterocycles. The van der Waals surface area contributed by atoms with Crippen LogP contribution in [0.4, 0.5) is 10.1 Å². The van der Waals surface area contributed by atoms with E-state index >= 15 is 0 Å². The van der Waals surface area contributed by atoms with Gasteiger partial charge in [0.15, 0.2) is 0 Å². The Kier molecular flexibility index (Phi) is 8.39. The first kappa shape index (κ1) is 27.8. The summed E-state index contributed by atoms with van der Waals surface area (Å²) in [6.45, 7) is 1.99. The van der Waals surface area contributed by atoms with Crippen molar-refractivity contribution in [2.24, 2.45) is 11.8 Å². The Hall–Kier alpha value is -2.76. The monoisotopic (exact) mass is 587 g/mol. The molecule has 5 rings (SSSR count). The summed E-state index contributed by atoms with van der Waals surface area (Å²) >= 11 is 6.46. The summed E-state index contributed by atoms with van der Waals surface area (Å²) in [6.07, 6.45) is 8.41. The van der Waals surface area contributed by atoms with Gasteiger partial charge >= 0.3 is 0 Å². The van der Waals surface area contributed by atoms with Crippen LogP contribution in [0.15, 0.2) is 53.4 Å². The third-order valence-corrected chi connectivity index (χ3v) is 10.3. The number of benzene rings is 2. The average Bonchev–Trinajstić information content (AvgIpc) is 3.19. The number of rotatable bonds is 7. The number of nitrogens with one attached hydrogen (secondary N) is 1. The molecule has 2 amide bonds. The van der Waals surface area contributed by atoms with Crippen molar-refractivity contribution in [1.29, 1.82) is 0 Å². The van der Waals surface area contributed by atoms with Gasteiger partial charge in [0, 0.05) is 30.9 Å². The van der Waals surface area contributed by atoms with Crippen molar-refractivity contribution in [3.8, 4) is 0 Å². The number of thiocarbonyl (C=S) groups is 1. The quantitative estimate of drug-likeness (QED) is 0.368. The van der Waals surface area contributed by atoms with Crippen molar-refractivity contribution in [3.63, 3.8) is 0 Å². The summed E-state index contributed by atoms with van der Waals surface area (Å²) < 4.78 is 40.2. The van der Waals surface area contributed by atoms with Gasteiger partial charge in [0.1, 0.15) is 10.1 Å². The Labute approximate surface area is 237 Å². The lowest BCUT2D eigenvalue weighted by atomic mass is 9.75. The first-order chi connectivity index (χ1) is 18.7. The molecule has 1 aliphatic carbocycles. The number of thioether (sulfide) groups is 1. The SMILES string of the molecule is O=C(NS(=O)(=O)CCN1C(=O)C(=Cc2ccc(N3CCC4CCCCC4C3)cc2)SC1=S)c1ccc(F)cc1. The molecule has 0 radical (unpaired) electrons. The second kappa shape index (κ2) is 11.8. The van der Waals surface area contributed by atoms with E-state index in [1.54, 1.807) is 6.08 Å². The van der Waals surface area contributed by atoms with Crippen LogP contribution >= 0.6 is 24.0 Å². The first-order valence-electron chi connectivity index (χ1n) is 13.1. The number of fused-ring (bicyclic) bond motifs is 1. The van der Waals surface area contributed by atoms with Gasteiger partial charge in [0.05, 0.1) is 10.7 Å². The highest BCUT2D eigenvalue weighted by molar-refractivity contribution is 8.26. The molecule has 2 aromatic rings. The second-order valence-electron chi connectivity index (χ2n) is 10.2. The number of anilines is 1. The minimum absolute atomic E-state index is 0.0120. The molecule has 2 atom stereocenters. The van der Waals surface area contributed by atoms with Crippen LogP contribution < -0.4 is 9.62 Å². The molecule has 1 saturated carbocycles. The summed E-state index contributed by atoms with van der Waals surface area (Å²) in [6, 6.07) is 12.7. The lowest BCUT2D eigenvalue weighted by Gasteiger charge is -2.42. The van der Waals surface area contributed by atoms with E-state index < -0.39 is 27.5 Å². The molecule has 3 fully saturated rings. The number of nitrogens with zero attached hydrogens (tertiary/aromatic N) is 2. The fraction of sp³-hybridized carbons (Fsp3) is 0.393. The van der Waals surface area contributed by atoms with E-state index in [1.807, 2.05) is 16.9 Å². The van der Waals surface area contributed by atoms with Crippen molar-refractivity contribution in [1.82, 2.24) is 9.62 Å². The van der Waals surface area contributed by atoms with Crippen LogP contribution in [0.1, 0.15) is 48.0 Å². The van der Waals surface area contributed by atoms with Crippen molar-refractivity contribution >= 4 is 61.9 Å². The van der Waals surface area contributed by atoms with Crippen molar-refractivity contribution < 1.29 is 22.4 Å². The molecule has 206 valence electrons. The molecule has 0 aromatic heterocycles. The summed E-state index contributed by atoms with van der Waals surface area (Å²) in [5.41, 5.74) is 2.07. The highest BCUT2D eigenvalue weighted by Crippen LogP contribution is 2.38. The van der Waals surface area contributed by atoms with Crippen LogP contribution in [0.5, 0.6) is 0 Å². The average molecular weight is 588 g/mol. The Morgan fingerprint density at radius 1 is 1.05 bits per heavy atom. The molecule has 2 unspecified atom stereocenters. The van der Waals surface area contributed by atoms with Crippen LogP contribution in [0.2, 0.25) is 0 Å². The van der Waals surface area contributed by atoms with E-state index in [-0.39, 0.29) is 22.3 Å². The zero-order valence-electron chi connectivity index (χ0n) is 21.3. The van der Waals surface area contributed by atoms with Crippen LogP contribution in [0, 0.1) is 17.7 Å². The fourth-order valence-corrected chi connectivity index (χ4v) is 7.76. The van der Waals surface area contributed by atoms with Crippen molar-refractivity contribution in [3.05, 3.63) is 70.4 Å². The molecule has 0 bridgehead atoms. The minimum Gasteiger partial charge on any atom is -0.371 e.